The Morgan fingerprint density at radius 1 is 1.33 bits per heavy atom. The Bertz CT molecular complexity index is 595. The van der Waals surface area contributed by atoms with Crippen molar-refractivity contribution in [2.24, 2.45) is 0 Å². The van der Waals surface area contributed by atoms with Gasteiger partial charge in [-0.1, -0.05) is 23.7 Å². The highest BCUT2D eigenvalue weighted by Crippen LogP contribution is 2.14. The van der Waals surface area contributed by atoms with Gasteiger partial charge in [-0.25, -0.2) is 4.79 Å². The van der Waals surface area contributed by atoms with Crippen molar-refractivity contribution in [2.45, 2.75) is 12.5 Å². The van der Waals surface area contributed by atoms with Crippen molar-refractivity contribution in [1.29, 1.82) is 0 Å². The highest BCUT2D eigenvalue weighted by molar-refractivity contribution is 6.33. The first-order valence-electron chi connectivity index (χ1n) is 5.94. The minimum atomic E-state index is -1.24. The topological polar surface area (TPSA) is 95.5 Å². The molecule has 3 N–H and O–H groups in total. The van der Waals surface area contributed by atoms with Crippen LogP contribution in [-0.2, 0) is 9.59 Å². The molecular weight excluding hydrogens is 296 g/mol. The molecule has 21 heavy (non-hydrogen) atoms. The summed E-state index contributed by atoms with van der Waals surface area (Å²) < 4.78 is 0. The van der Waals surface area contributed by atoms with Gasteiger partial charge in [-0.3, -0.25) is 9.59 Å². The van der Waals surface area contributed by atoms with Gasteiger partial charge >= 0.3 is 5.97 Å². The number of rotatable bonds is 6. The second kappa shape index (κ2) is 7.92. The first-order chi connectivity index (χ1) is 9.95. The summed E-state index contributed by atoms with van der Waals surface area (Å²) >= 11 is 5.84. The number of terminal acetylenes is 1. The fourth-order valence-electron chi connectivity index (χ4n) is 1.46. The van der Waals surface area contributed by atoms with Crippen molar-refractivity contribution in [2.75, 3.05) is 6.54 Å². The van der Waals surface area contributed by atoms with Crippen LogP contribution in [0.1, 0.15) is 16.8 Å². The van der Waals surface area contributed by atoms with Crippen molar-refractivity contribution in [3.05, 3.63) is 34.9 Å². The van der Waals surface area contributed by atoms with E-state index < -0.39 is 23.8 Å². The summed E-state index contributed by atoms with van der Waals surface area (Å²) in [7, 11) is 0. The van der Waals surface area contributed by atoms with E-state index in [1.54, 1.807) is 18.2 Å². The lowest BCUT2D eigenvalue weighted by Gasteiger charge is -2.12. The van der Waals surface area contributed by atoms with Gasteiger partial charge in [0.1, 0.15) is 6.04 Å². The predicted molar refractivity (Wildman–Crippen MR) is 76.8 cm³/mol. The number of amides is 2. The number of carbonyl (C=O) groups is 3. The van der Waals surface area contributed by atoms with Crippen LogP contribution >= 0.6 is 11.6 Å². The Hall–Kier alpha value is -2.52. The van der Waals surface area contributed by atoms with Gasteiger partial charge < -0.3 is 15.7 Å². The molecule has 0 fully saturated rings. The van der Waals surface area contributed by atoms with Gasteiger partial charge in [0.15, 0.2) is 0 Å². The molecule has 0 aliphatic carbocycles. The number of hydrogen-bond acceptors (Lipinski definition) is 3. The van der Waals surface area contributed by atoms with Gasteiger partial charge in [0.2, 0.25) is 5.91 Å². The van der Waals surface area contributed by atoms with Crippen LogP contribution in [0.2, 0.25) is 5.02 Å². The first kappa shape index (κ1) is 16.5. The van der Waals surface area contributed by atoms with Gasteiger partial charge in [-0.05, 0) is 12.1 Å². The second-order valence-corrected chi connectivity index (χ2v) is 4.44. The Kier molecular flexibility index (Phi) is 6.24. The van der Waals surface area contributed by atoms with Crippen LogP contribution in [0.15, 0.2) is 24.3 Å². The molecule has 110 valence electrons. The van der Waals surface area contributed by atoms with Gasteiger partial charge in [0, 0.05) is 6.42 Å². The number of carboxylic acid groups (broad SMARTS) is 1. The number of hydrogen-bond donors (Lipinski definition) is 3. The maximum Gasteiger partial charge on any atom is 0.327 e. The third-order valence-electron chi connectivity index (χ3n) is 2.48. The molecule has 1 aromatic carbocycles. The monoisotopic (exact) mass is 308 g/mol. The fourth-order valence-corrected chi connectivity index (χ4v) is 1.69. The van der Waals surface area contributed by atoms with Gasteiger partial charge in [0.25, 0.3) is 5.91 Å². The number of halogens is 1. The molecule has 0 heterocycles. The van der Waals surface area contributed by atoms with E-state index in [-0.39, 0.29) is 23.6 Å². The number of carbonyl (C=O) groups excluding carboxylic acids is 2. The molecule has 1 rings (SSSR count). The third kappa shape index (κ3) is 5.16. The van der Waals surface area contributed by atoms with Gasteiger partial charge in [0.05, 0.1) is 17.1 Å². The van der Waals surface area contributed by atoms with E-state index in [9.17, 15) is 14.4 Å². The molecule has 1 atom stereocenters. The van der Waals surface area contributed by atoms with Crippen LogP contribution in [0.25, 0.3) is 0 Å². The summed E-state index contributed by atoms with van der Waals surface area (Å²) in [5, 5.41) is 13.6. The van der Waals surface area contributed by atoms with Gasteiger partial charge in [-0.2, -0.15) is 0 Å². The maximum absolute atomic E-state index is 11.8. The highest BCUT2D eigenvalue weighted by atomic mass is 35.5. The van der Waals surface area contributed by atoms with E-state index in [1.165, 1.54) is 6.07 Å². The average molecular weight is 309 g/mol. The molecule has 7 heteroatoms. The van der Waals surface area contributed by atoms with Crippen molar-refractivity contribution >= 4 is 29.4 Å². The van der Waals surface area contributed by atoms with E-state index in [0.29, 0.717) is 0 Å². The molecule has 2 amide bonds. The van der Waals surface area contributed by atoms with Crippen LogP contribution in [0.5, 0.6) is 0 Å². The predicted octanol–water partition coefficient (Wildman–Crippen LogP) is 0.662. The number of nitrogens with one attached hydrogen (secondary N) is 2. The summed E-state index contributed by atoms with van der Waals surface area (Å²) in [6, 6.07) is 5.18. The first-order valence-corrected chi connectivity index (χ1v) is 6.32. The molecule has 0 saturated carbocycles. The lowest BCUT2D eigenvalue weighted by Crippen LogP contribution is -2.45. The second-order valence-electron chi connectivity index (χ2n) is 4.03. The van der Waals surface area contributed by atoms with Crippen LogP contribution in [-0.4, -0.2) is 35.5 Å². The third-order valence-corrected chi connectivity index (χ3v) is 2.81. The highest BCUT2D eigenvalue weighted by Gasteiger charge is 2.19. The Balaban J connectivity index is 2.53. The van der Waals surface area contributed by atoms with E-state index >= 15 is 0 Å². The molecule has 0 radical (unpaired) electrons. The minimum absolute atomic E-state index is 0.139. The normalized spacial score (nSPS) is 11.0. The molecule has 0 aromatic heterocycles. The Morgan fingerprint density at radius 3 is 2.57 bits per heavy atom. The van der Waals surface area contributed by atoms with Crippen LogP contribution in [0.3, 0.4) is 0 Å². The Morgan fingerprint density at radius 2 is 2.00 bits per heavy atom. The van der Waals surface area contributed by atoms with E-state index in [2.05, 4.69) is 16.6 Å². The van der Waals surface area contributed by atoms with Crippen molar-refractivity contribution in [1.82, 2.24) is 10.6 Å². The summed E-state index contributed by atoms with van der Waals surface area (Å²) in [5.74, 6) is -0.268. The molecule has 1 unspecified atom stereocenters. The van der Waals surface area contributed by atoms with Crippen LogP contribution in [0, 0.1) is 12.3 Å². The van der Waals surface area contributed by atoms with Crippen molar-refractivity contribution < 1.29 is 19.5 Å². The summed E-state index contributed by atoms with van der Waals surface area (Å²) in [6.07, 6.45) is 4.87. The lowest BCUT2D eigenvalue weighted by molar-refractivity contribution is -0.141. The molecule has 6 nitrogen and oxygen atoms in total. The lowest BCUT2D eigenvalue weighted by atomic mass is 10.2. The molecule has 0 aliphatic rings. The quantitative estimate of drug-likeness (QED) is 0.673. The Labute approximate surface area is 126 Å². The number of aliphatic carboxylic acids is 1. The molecule has 0 bridgehead atoms. The number of benzene rings is 1. The minimum Gasteiger partial charge on any atom is -0.480 e. The molecule has 0 spiro atoms. The molecule has 1 aromatic rings. The standard InChI is InChI=1S/C14H13ClN2O4/c1-2-5-11(14(20)21)17-12(18)8-16-13(19)9-6-3-4-7-10(9)15/h1,3-4,6-7,11H,5,8H2,(H,16,19)(H,17,18)(H,20,21). The zero-order valence-corrected chi connectivity index (χ0v) is 11.7. The smallest absolute Gasteiger partial charge is 0.327 e. The average Bonchev–Trinajstić information content (AvgIpc) is 2.44. The van der Waals surface area contributed by atoms with E-state index in [0.717, 1.165) is 0 Å². The fraction of sp³-hybridized carbons (Fsp3) is 0.214. The van der Waals surface area contributed by atoms with E-state index in [4.69, 9.17) is 23.1 Å². The summed E-state index contributed by atoms with van der Waals surface area (Å²) in [5.41, 5.74) is 0.227. The van der Waals surface area contributed by atoms with Crippen molar-refractivity contribution in [3.8, 4) is 12.3 Å². The van der Waals surface area contributed by atoms with Gasteiger partial charge in [-0.15, -0.1) is 12.3 Å². The zero-order chi connectivity index (χ0) is 15.8. The summed E-state index contributed by atoms with van der Waals surface area (Å²) in [4.78, 5) is 34.2. The van der Waals surface area contributed by atoms with Crippen LogP contribution in [0.4, 0.5) is 0 Å². The van der Waals surface area contributed by atoms with Crippen LogP contribution < -0.4 is 10.6 Å². The molecule has 0 saturated heterocycles. The van der Waals surface area contributed by atoms with E-state index in [1.807, 2.05) is 0 Å². The van der Waals surface area contributed by atoms with Crippen molar-refractivity contribution in [3.63, 3.8) is 0 Å². The SMILES string of the molecule is C#CCC(NC(=O)CNC(=O)c1ccccc1Cl)C(=O)O. The summed E-state index contributed by atoms with van der Waals surface area (Å²) in [6.45, 7) is -0.377. The maximum atomic E-state index is 11.8. The zero-order valence-electron chi connectivity index (χ0n) is 10.9. The molecule has 0 aliphatic heterocycles. The number of carboxylic acids is 1. The largest absolute Gasteiger partial charge is 0.480 e. The molecular formula is C14H13ClN2O4.